The molecule has 3 aromatic carbocycles. The highest BCUT2D eigenvalue weighted by molar-refractivity contribution is 9.10. The second-order valence-corrected chi connectivity index (χ2v) is 9.25. The first-order valence-corrected chi connectivity index (χ1v) is 10.9. The summed E-state index contributed by atoms with van der Waals surface area (Å²) in [5.74, 6) is 1.52. The third-order valence-corrected chi connectivity index (χ3v) is 5.50. The minimum atomic E-state index is -0.0416. The number of methoxy groups -OCH3 is 1. The quantitative estimate of drug-likeness (QED) is 0.265. The second-order valence-electron chi connectivity index (χ2n) is 8.34. The van der Waals surface area contributed by atoms with Crippen molar-refractivity contribution in [3.63, 3.8) is 0 Å². The number of carbonyl (C=O) groups excluding carboxylic acids is 1. The molecule has 0 radical (unpaired) electrons. The molecule has 0 aliphatic rings. The monoisotopic (exact) mass is 478 g/mol. The largest absolute Gasteiger partial charge is 0.496 e. The zero-order valence-electron chi connectivity index (χ0n) is 18.3. The SMILES string of the molecule is COc1ccc(/C=C/C(=O)c2ccc(Br)cc2)cc1COc1ccc(C(C)(C)C)cc1. The Morgan fingerprint density at radius 2 is 1.65 bits per heavy atom. The first-order valence-electron chi connectivity index (χ1n) is 10.1. The van der Waals surface area contributed by atoms with Gasteiger partial charge in [-0.05, 0) is 71.1 Å². The van der Waals surface area contributed by atoms with Crippen LogP contribution in [0.2, 0.25) is 0 Å². The van der Waals surface area contributed by atoms with Gasteiger partial charge in [0, 0.05) is 15.6 Å². The Labute approximate surface area is 192 Å². The van der Waals surface area contributed by atoms with E-state index >= 15 is 0 Å². The summed E-state index contributed by atoms with van der Waals surface area (Å²) >= 11 is 3.38. The summed E-state index contributed by atoms with van der Waals surface area (Å²) in [6.07, 6.45) is 3.40. The van der Waals surface area contributed by atoms with Crippen molar-refractivity contribution in [2.24, 2.45) is 0 Å². The fraction of sp³-hybridized carbons (Fsp3) is 0.222. The van der Waals surface area contributed by atoms with Crippen LogP contribution in [0.3, 0.4) is 0 Å². The molecule has 0 bridgehead atoms. The molecular weight excluding hydrogens is 452 g/mol. The number of hydrogen-bond acceptors (Lipinski definition) is 3. The fourth-order valence-corrected chi connectivity index (χ4v) is 3.37. The van der Waals surface area contributed by atoms with Crippen molar-refractivity contribution in [3.8, 4) is 11.5 Å². The summed E-state index contributed by atoms with van der Waals surface area (Å²) in [5, 5.41) is 0. The summed E-state index contributed by atoms with van der Waals surface area (Å²) in [7, 11) is 1.64. The lowest BCUT2D eigenvalue weighted by atomic mass is 9.87. The lowest BCUT2D eigenvalue weighted by Crippen LogP contribution is -2.10. The highest BCUT2D eigenvalue weighted by atomic mass is 79.9. The Kier molecular flexibility index (Phi) is 7.34. The number of ketones is 1. The third-order valence-electron chi connectivity index (χ3n) is 4.98. The lowest BCUT2D eigenvalue weighted by molar-refractivity contribution is 0.104. The van der Waals surface area contributed by atoms with Crippen molar-refractivity contribution >= 4 is 27.8 Å². The van der Waals surface area contributed by atoms with Crippen LogP contribution in [0.15, 0.2) is 77.3 Å². The molecule has 0 saturated carbocycles. The lowest BCUT2D eigenvalue weighted by Gasteiger charge is -2.19. The van der Waals surface area contributed by atoms with Crippen LogP contribution in [0.1, 0.15) is 47.8 Å². The molecule has 0 amide bonds. The average molecular weight is 479 g/mol. The van der Waals surface area contributed by atoms with E-state index in [0.717, 1.165) is 27.1 Å². The van der Waals surface area contributed by atoms with Crippen LogP contribution in [0, 0.1) is 0 Å². The molecule has 0 aromatic heterocycles. The first-order chi connectivity index (χ1) is 14.8. The molecule has 0 saturated heterocycles. The molecule has 3 rings (SSSR count). The summed E-state index contributed by atoms with van der Waals surface area (Å²) in [6.45, 7) is 6.94. The van der Waals surface area contributed by atoms with Crippen LogP contribution in [0.25, 0.3) is 6.08 Å². The molecule has 3 nitrogen and oxygen atoms in total. The fourth-order valence-electron chi connectivity index (χ4n) is 3.11. The molecule has 0 spiro atoms. The molecule has 0 aliphatic heterocycles. The van der Waals surface area contributed by atoms with Crippen molar-refractivity contribution in [1.29, 1.82) is 0 Å². The molecule has 0 fully saturated rings. The zero-order valence-corrected chi connectivity index (χ0v) is 19.9. The van der Waals surface area contributed by atoms with E-state index in [0.29, 0.717) is 12.2 Å². The number of rotatable bonds is 7. The Hall–Kier alpha value is -2.85. The van der Waals surface area contributed by atoms with Crippen LogP contribution in [-0.4, -0.2) is 12.9 Å². The Morgan fingerprint density at radius 3 is 2.26 bits per heavy atom. The molecule has 0 aliphatic carbocycles. The summed E-state index contributed by atoms with van der Waals surface area (Å²) < 4.78 is 12.4. The van der Waals surface area contributed by atoms with Crippen molar-refractivity contribution in [1.82, 2.24) is 0 Å². The third kappa shape index (κ3) is 6.31. The first kappa shape index (κ1) is 22.8. The topological polar surface area (TPSA) is 35.5 Å². The van der Waals surface area contributed by atoms with Crippen molar-refractivity contribution in [2.75, 3.05) is 7.11 Å². The predicted molar refractivity (Wildman–Crippen MR) is 130 cm³/mol. The van der Waals surface area contributed by atoms with Crippen LogP contribution in [0.4, 0.5) is 0 Å². The normalized spacial score (nSPS) is 11.5. The number of carbonyl (C=O) groups is 1. The standard InChI is InChI=1S/C27H27BrO3/c1-27(2,3)22-9-13-24(14-10-22)31-18-21-17-19(6-16-26(21)30-4)5-15-25(29)20-7-11-23(28)12-8-20/h5-17H,18H2,1-4H3/b15-5+. The van der Waals surface area contributed by atoms with Gasteiger partial charge >= 0.3 is 0 Å². The molecule has 160 valence electrons. The summed E-state index contributed by atoms with van der Waals surface area (Å²) in [6, 6.07) is 21.3. The van der Waals surface area contributed by atoms with Crippen molar-refractivity contribution in [2.45, 2.75) is 32.8 Å². The molecular formula is C27H27BrO3. The Balaban J connectivity index is 1.71. The number of halogens is 1. The van der Waals surface area contributed by atoms with Crippen LogP contribution in [0.5, 0.6) is 11.5 Å². The average Bonchev–Trinajstić information content (AvgIpc) is 2.76. The van der Waals surface area contributed by atoms with Gasteiger partial charge in [-0.15, -0.1) is 0 Å². The smallest absolute Gasteiger partial charge is 0.185 e. The van der Waals surface area contributed by atoms with Crippen molar-refractivity contribution in [3.05, 3.63) is 99.5 Å². The maximum Gasteiger partial charge on any atom is 0.185 e. The van der Waals surface area contributed by atoms with Crippen LogP contribution < -0.4 is 9.47 Å². The van der Waals surface area contributed by atoms with E-state index in [9.17, 15) is 4.79 Å². The van der Waals surface area contributed by atoms with Crippen LogP contribution in [-0.2, 0) is 12.0 Å². The van der Waals surface area contributed by atoms with Gasteiger partial charge in [0.2, 0.25) is 0 Å². The van der Waals surface area contributed by atoms with E-state index in [1.54, 1.807) is 25.3 Å². The van der Waals surface area contributed by atoms with Gasteiger partial charge in [-0.1, -0.05) is 61.0 Å². The predicted octanol–water partition coefficient (Wildman–Crippen LogP) is 7.23. The molecule has 3 aromatic rings. The van der Waals surface area contributed by atoms with E-state index in [2.05, 4.69) is 48.8 Å². The summed E-state index contributed by atoms with van der Waals surface area (Å²) in [5.41, 5.74) is 3.85. The van der Waals surface area contributed by atoms with E-state index < -0.39 is 0 Å². The molecule has 31 heavy (non-hydrogen) atoms. The maximum atomic E-state index is 12.4. The van der Waals surface area contributed by atoms with E-state index in [-0.39, 0.29) is 11.2 Å². The van der Waals surface area contributed by atoms with E-state index in [1.165, 1.54) is 5.56 Å². The van der Waals surface area contributed by atoms with Gasteiger partial charge in [0.1, 0.15) is 18.1 Å². The van der Waals surface area contributed by atoms with Gasteiger partial charge in [0.25, 0.3) is 0 Å². The number of benzene rings is 3. The molecule has 0 atom stereocenters. The summed E-state index contributed by atoms with van der Waals surface area (Å²) in [4.78, 5) is 12.4. The highest BCUT2D eigenvalue weighted by Gasteiger charge is 2.13. The molecule has 4 heteroatoms. The van der Waals surface area contributed by atoms with Gasteiger partial charge in [0.05, 0.1) is 7.11 Å². The minimum Gasteiger partial charge on any atom is -0.496 e. The molecule has 0 N–H and O–H groups in total. The molecule has 0 heterocycles. The second kappa shape index (κ2) is 9.97. The maximum absolute atomic E-state index is 12.4. The Bertz CT molecular complexity index is 1060. The Morgan fingerprint density at radius 1 is 0.968 bits per heavy atom. The number of ether oxygens (including phenoxy) is 2. The minimum absolute atomic E-state index is 0.0416. The number of hydrogen-bond donors (Lipinski definition) is 0. The van der Waals surface area contributed by atoms with Gasteiger partial charge in [-0.25, -0.2) is 0 Å². The van der Waals surface area contributed by atoms with Gasteiger partial charge in [-0.3, -0.25) is 4.79 Å². The zero-order chi connectivity index (χ0) is 22.4. The molecule has 0 unspecified atom stereocenters. The van der Waals surface area contributed by atoms with E-state index in [4.69, 9.17) is 9.47 Å². The van der Waals surface area contributed by atoms with Gasteiger partial charge in [0.15, 0.2) is 5.78 Å². The van der Waals surface area contributed by atoms with E-state index in [1.807, 2.05) is 48.5 Å². The van der Waals surface area contributed by atoms with Gasteiger partial charge < -0.3 is 9.47 Å². The highest BCUT2D eigenvalue weighted by Crippen LogP contribution is 2.26. The van der Waals surface area contributed by atoms with Gasteiger partial charge in [-0.2, -0.15) is 0 Å². The number of allylic oxidation sites excluding steroid dienone is 1. The van der Waals surface area contributed by atoms with Crippen molar-refractivity contribution < 1.29 is 14.3 Å². The van der Waals surface area contributed by atoms with Crippen LogP contribution >= 0.6 is 15.9 Å².